The molecule has 1 amide bonds. The molecule has 1 unspecified atom stereocenters. The van der Waals surface area contributed by atoms with Crippen molar-refractivity contribution in [1.82, 2.24) is 0 Å². The zero-order valence-electron chi connectivity index (χ0n) is 7.82. The molecule has 0 aliphatic heterocycles. The van der Waals surface area contributed by atoms with Crippen LogP contribution >= 0.6 is 11.3 Å². The summed E-state index contributed by atoms with van der Waals surface area (Å²) in [6.45, 7) is 2.07. The Balaban J connectivity index is 2.52. The number of primary amides is 1. The van der Waals surface area contributed by atoms with E-state index in [1.165, 1.54) is 5.56 Å². The van der Waals surface area contributed by atoms with Gasteiger partial charge in [0.2, 0.25) is 5.91 Å². The predicted octanol–water partition coefficient (Wildman–Crippen LogP) is 2.19. The van der Waals surface area contributed by atoms with Gasteiger partial charge in [-0.15, -0.1) is 0 Å². The lowest BCUT2D eigenvalue weighted by atomic mass is 9.96. The van der Waals surface area contributed by atoms with E-state index >= 15 is 0 Å². The summed E-state index contributed by atoms with van der Waals surface area (Å²) < 4.78 is 0. The van der Waals surface area contributed by atoms with E-state index in [0.29, 0.717) is 0 Å². The molecular formula is C10H15NOS. The van der Waals surface area contributed by atoms with Crippen molar-refractivity contribution in [2.75, 3.05) is 0 Å². The van der Waals surface area contributed by atoms with E-state index in [-0.39, 0.29) is 11.8 Å². The van der Waals surface area contributed by atoms with Crippen LogP contribution in [0.2, 0.25) is 0 Å². The molecule has 2 N–H and O–H groups in total. The first-order valence-corrected chi connectivity index (χ1v) is 5.48. The molecule has 72 valence electrons. The monoisotopic (exact) mass is 197 g/mol. The summed E-state index contributed by atoms with van der Waals surface area (Å²) in [5.74, 6) is -0.160. The summed E-state index contributed by atoms with van der Waals surface area (Å²) in [5.41, 5.74) is 6.53. The molecule has 0 saturated carbocycles. The highest BCUT2D eigenvalue weighted by Gasteiger charge is 2.14. The number of carbonyl (C=O) groups excluding carboxylic acids is 1. The number of hydrogen-bond acceptors (Lipinski definition) is 2. The minimum atomic E-state index is -0.173. The first-order chi connectivity index (χ1) is 6.24. The molecular weight excluding hydrogens is 182 g/mol. The van der Waals surface area contributed by atoms with Crippen molar-refractivity contribution < 1.29 is 4.79 Å². The third kappa shape index (κ3) is 3.19. The number of carbonyl (C=O) groups is 1. The third-order valence-corrected chi connectivity index (χ3v) is 2.83. The van der Waals surface area contributed by atoms with Gasteiger partial charge in [-0.3, -0.25) is 4.79 Å². The Hall–Kier alpha value is -0.830. The maximum absolute atomic E-state index is 11.0. The Labute approximate surface area is 82.8 Å². The molecule has 0 fully saturated rings. The van der Waals surface area contributed by atoms with Gasteiger partial charge >= 0.3 is 0 Å². The SMILES string of the molecule is CCCC(Cc1ccsc1)C(N)=O. The molecule has 0 aliphatic rings. The Morgan fingerprint density at radius 1 is 1.69 bits per heavy atom. The number of hydrogen-bond donors (Lipinski definition) is 1. The van der Waals surface area contributed by atoms with E-state index in [0.717, 1.165) is 19.3 Å². The molecule has 0 aromatic carbocycles. The Kier molecular flexibility index (Phi) is 3.96. The van der Waals surface area contributed by atoms with Gasteiger partial charge in [0, 0.05) is 5.92 Å². The summed E-state index contributed by atoms with van der Waals surface area (Å²) in [7, 11) is 0. The standard InChI is InChI=1S/C10H15NOS/c1-2-3-9(10(11)12)6-8-4-5-13-7-8/h4-5,7,9H,2-3,6H2,1H3,(H2,11,12). The largest absolute Gasteiger partial charge is 0.369 e. The van der Waals surface area contributed by atoms with Crippen molar-refractivity contribution in [3.63, 3.8) is 0 Å². The quantitative estimate of drug-likeness (QED) is 0.772. The first-order valence-electron chi connectivity index (χ1n) is 4.54. The van der Waals surface area contributed by atoms with Gasteiger partial charge in [0.1, 0.15) is 0 Å². The van der Waals surface area contributed by atoms with E-state index < -0.39 is 0 Å². The zero-order chi connectivity index (χ0) is 9.68. The lowest BCUT2D eigenvalue weighted by molar-refractivity contribution is -0.122. The second kappa shape index (κ2) is 5.02. The molecule has 0 bridgehead atoms. The van der Waals surface area contributed by atoms with Gasteiger partial charge in [-0.2, -0.15) is 11.3 Å². The second-order valence-electron chi connectivity index (χ2n) is 3.22. The van der Waals surface area contributed by atoms with Crippen molar-refractivity contribution in [3.05, 3.63) is 22.4 Å². The molecule has 13 heavy (non-hydrogen) atoms. The number of nitrogens with two attached hydrogens (primary N) is 1. The lowest BCUT2D eigenvalue weighted by Gasteiger charge is -2.10. The van der Waals surface area contributed by atoms with Crippen LogP contribution in [-0.2, 0) is 11.2 Å². The predicted molar refractivity (Wildman–Crippen MR) is 55.6 cm³/mol. The third-order valence-electron chi connectivity index (χ3n) is 2.10. The fourth-order valence-electron chi connectivity index (χ4n) is 1.39. The maximum atomic E-state index is 11.0. The van der Waals surface area contributed by atoms with Crippen molar-refractivity contribution in [1.29, 1.82) is 0 Å². The Bertz CT molecular complexity index is 256. The van der Waals surface area contributed by atoms with Gasteiger partial charge in [-0.05, 0) is 35.2 Å². The van der Waals surface area contributed by atoms with Crippen LogP contribution in [0.3, 0.4) is 0 Å². The van der Waals surface area contributed by atoms with E-state index in [1.807, 2.05) is 5.38 Å². The molecule has 3 heteroatoms. The molecule has 1 heterocycles. The highest BCUT2D eigenvalue weighted by atomic mass is 32.1. The molecule has 1 atom stereocenters. The average Bonchev–Trinajstić information content (AvgIpc) is 2.56. The van der Waals surface area contributed by atoms with Gasteiger partial charge in [0.05, 0.1) is 0 Å². The molecule has 1 aromatic heterocycles. The van der Waals surface area contributed by atoms with Crippen LogP contribution in [0.1, 0.15) is 25.3 Å². The highest BCUT2D eigenvalue weighted by Crippen LogP contribution is 2.15. The minimum absolute atomic E-state index is 0.0135. The number of rotatable bonds is 5. The van der Waals surface area contributed by atoms with Gasteiger partial charge < -0.3 is 5.73 Å². The van der Waals surface area contributed by atoms with Crippen LogP contribution < -0.4 is 5.73 Å². The smallest absolute Gasteiger partial charge is 0.220 e. The van der Waals surface area contributed by atoms with Crippen LogP contribution in [0.5, 0.6) is 0 Å². The van der Waals surface area contributed by atoms with Crippen molar-refractivity contribution in [3.8, 4) is 0 Å². The molecule has 0 aliphatic carbocycles. The zero-order valence-corrected chi connectivity index (χ0v) is 8.64. The fourth-order valence-corrected chi connectivity index (χ4v) is 2.07. The Morgan fingerprint density at radius 3 is 2.92 bits per heavy atom. The molecule has 0 spiro atoms. The molecule has 0 saturated heterocycles. The van der Waals surface area contributed by atoms with Crippen LogP contribution in [0.4, 0.5) is 0 Å². The summed E-state index contributed by atoms with van der Waals surface area (Å²) in [6, 6.07) is 2.05. The molecule has 1 rings (SSSR count). The average molecular weight is 197 g/mol. The highest BCUT2D eigenvalue weighted by molar-refractivity contribution is 7.07. The lowest BCUT2D eigenvalue weighted by Crippen LogP contribution is -2.24. The van der Waals surface area contributed by atoms with Crippen molar-refractivity contribution in [2.45, 2.75) is 26.2 Å². The van der Waals surface area contributed by atoms with E-state index in [1.54, 1.807) is 11.3 Å². The summed E-state index contributed by atoms with van der Waals surface area (Å²) in [4.78, 5) is 11.0. The number of amides is 1. The van der Waals surface area contributed by atoms with Crippen LogP contribution in [0, 0.1) is 5.92 Å². The van der Waals surface area contributed by atoms with E-state index in [9.17, 15) is 4.79 Å². The summed E-state index contributed by atoms with van der Waals surface area (Å²) >= 11 is 1.66. The van der Waals surface area contributed by atoms with Gasteiger partial charge in [-0.1, -0.05) is 13.3 Å². The molecule has 2 nitrogen and oxygen atoms in total. The molecule has 0 radical (unpaired) electrons. The minimum Gasteiger partial charge on any atom is -0.369 e. The van der Waals surface area contributed by atoms with Gasteiger partial charge in [0.15, 0.2) is 0 Å². The first kappa shape index (κ1) is 10.3. The normalized spacial score (nSPS) is 12.7. The van der Waals surface area contributed by atoms with Crippen LogP contribution in [-0.4, -0.2) is 5.91 Å². The number of thiophene rings is 1. The van der Waals surface area contributed by atoms with Crippen molar-refractivity contribution in [2.24, 2.45) is 11.7 Å². The van der Waals surface area contributed by atoms with Crippen LogP contribution in [0.25, 0.3) is 0 Å². The molecule has 1 aromatic rings. The second-order valence-corrected chi connectivity index (χ2v) is 4.00. The van der Waals surface area contributed by atoms with Crippen LogP contribution in [0.15, 0.2) is 16.8 Å². The topological polar surface area (TPSA) is 43.1 Å². The summed E-state index contributed by atoms with van der Waals surface area (Å²) in [5, 5.41) is 4.10. The van der Waals surface area contributed by atoms with Crippen molar-refractivity contribution >= 4 is 17.2 Å². The summed E-state index contributed by atoms with van der Waals surface area (Å²) in [6.07, 6.45) is 2.70. The maximum Gasteiger partial charge on any atom is 0.220 e. The van der Waals surface area contributed by atoms with E-state index in [2.05, 4.69) is 18.4 Å². The Morgan fingerprint density at radius 2 is 2.46 bits per heavy atom. The van der Waals surface area contributed by atoms with Gasteiger partial charge in [0.25, 0.3) is 0 Å². The van der Waals surface area contributed by atoms with E-state index in [4.69, 9.17) is 5.73 Å². The fraction of sp³-hybridized carbons (Fsp3) is 0.500. The van der Waals surface area contributed by atoms with Gasteiger partial charge in [-0.25, -0.2) is 0 Å².